The summed E-state index contributed by atoms with van der Waals surface area (Å²) in [6.07, 6.45) is 0. The van der Waals surface area contributed by atoms with Crippen LogP contribution < -0.4 is 0 Å². The SMILES string of the molecule is O=C(c1ccc(S(=O)(=O)O)cc1)c1ccc(S(=O)(=O)O)cc1.[NaH]. The normalized spacial score (nSPS) is 11.6. The van der Waals surface area contributed by atoms with E-state index in [1.165, 1.54) is 24.3 Å². The molecule has 118 valence electrons. The third-order valence-electron chi connectivity index (χ3n) is 2.83. The van der Waals surface area contributed by atoms with Gasteiger partial charge in [-0.15, -0.1) is 0 Å². The van der Waals surface area contributed by atoms with E-state index in [1.54, 1.807) is 0 Å². The van der Waals surface area contributed by atoms with Gasteiger partial charge in [0.1, 0.15) is 0 Å². The van der Waals surface area contributed by atoms with Gasteiger partial charge in [0, 0.05) is 11.1 Å². The van der Waals surface area contributed by atoms with Crippen LogP contribution in [0.4, 0.5) is 0 Å². The van der Waals surface area contributed by atoms with Crippen molar-refractivity contribution in [3.63, 3.8) is 0 Å². The summed E-state index contributed by atoms with van der Waals surface area (Å²) in [5, 5.41) is 0. The van der Waals surface area contributed by atoms with Crippen molar-refractivity contribution >= 4 is 55.6 Å². The Balaban J connectivity index is 0.00000264. The van der Waals surface area contributed by atoms with Crippen molar-refractivity contribution < 1.29 is 30.7 Å². The zero-order valence-electron chi connectivity index (χ0n) is 10.9. The standard InChI is InChI=1S/C13H10O7S2.Na.H/c14-13(9-1-5-11(6-2-9)21(15,16)17)10-3-7-12(8-4-10)22(18,19)20;;/h1-8H,(H,15,16,17)(H,18,19,20);;. The predicted octanol–water partition coefficient (Wildman–Crippen LogP) is 0.762. The summed E-state index contributed by atoms with van der Waals surface area (Å²) in [7, 11) is -8.68. The van der Waals surface area contributed by atoms with Gasteiger partial charge in [-0.2, -0.15) is 16.8 Å². The Morgan fingerprint density at radius 1 is 0.652 bits per heavy atom. The molecule has 0 heterocycles. The molecule has 23 heavy (non-hydrogen) atoms. The van der Waals surface area contributed by atoms with Gasteiger partial charge in [0.25, 0.3) is 20.2 Å². The molecule has 0 aliphatic heterocycles. The molecule has 0 bridgehead atoms. The van der Waals surface area contributed by atoms with Crippen molar-refractivity contribution in [3.8, 4) is 0 Å². The number of hydrogen-bond acceptors (Lipinski definition) is 5. The van der Waals surface area contributed by atoms with Crippen molar-refractivity contribution in [1.82, 2.24) is 0 Å². The van der Waals surface area contributed by atoms with Crippen LogP contribution in [0.25, 0.3) is 0 Å². The van der Waals surface area contributed by atoms with Gasteiger partial charge in [-0.05, 0) is 48.5 Å². The topological polar surface area (TPSA) is 126 Å². The molecule has 2 rings (SSSR count). The van der Waals surface area contributed by atoms with Gasteiger partial charge >= 0.3 is 29.6 Å². The Hall–Kier alpha value is -1.07. The summed E-state index contributed by atoms with van der Waals surface area (Å²) >= 11 is 0. The Morgan fingerprint density at radius 2 is 0.913 bits per heavy atom. The Morgan fingerprint density at radius 3 is 1.13 bits per heavy atom. The zero-order chi connectivity index (χ0) is 16.5. The van der Waals surface area contributed by atoms with Gasteiger partial charge in [0.05, 0.1) is 9.79 Å². The quantitative estimate of drug-likeness (QED) is 0.465. The van der Waals surface area contributed by atoms with Crippen LogP contribution in [-0.2, 0) is 20.2 Å². The van der Waals surface area contributed by atoms with E-state index in [0.29, 0.717) is 0 Å². The molecule has 10 heteroatoms. The summed E-state index contributed by atoms with van der Waals surface area (Å²) in [5.41, 5.74) is 0.319. The van der Waals surface area contributed by atoms with E-state index in [0.717, 1.165) is 24.3 Å². The second-order valence-corrected chi connectivity index (χ2v) is 7.17. The first-order valence-corrected chi connectivity index (χ1v) is 8.67. The summed E-state index contributed by atoms with van der Waals surface area (Å²) in [4.78, 5) is 11.5. The number of hydrogen-bond donors (Lipinski definition) is 2. The average molecular weight is 366 g/mol. The second-order valence-electron chi connectivity index (χ2n) is 4.33. The molecular formula is C13H11NaO7S2. The number of carbonyl (C=O) groups is 1. The van der Waals surface area contributed by atoms with Crippen LogP contribution in [-0.4, -0.2) is 61.3 Å². The summed E-state index contributed by atoms with van der Waals surface area (Å²) in [6.45, 7) is 0. The molecule has 0 radical (unpaired) electrons. The van der Waals surface area contributed by atoms with E-state index in [9.17, 15) is 21.6 Å². The number of rotatable bonds is 4. The molecule has 0 atom stereocenters. The minimum atomic E-state index is -4.34. The van der Waals surface area contributed by atoms with Crippen molar-refractivity contribution in [2.45, 2.75) is 9.79 Å². The van der Waals surface area contributed by atoms with Crippen LogP contribution in [0.5, 0.6) is 0 Å². The van der Waals surface area contributed by atoms with E-state index in [1.807, 2.05) is 0 Å². The molecule has 0 amide bonds. The third kappa shape index (κ3) is 4.95. The molecule has 0 spiro atoms. The number of ketones is 1. The molecule has 0 aromatic heterocycles. The van der Waals surface area contributed by atoms with Gasteiger partial charge < -0.3 is 0 Å². The minimum absolute atomic E-state index is 0. The first-order chi connectivity index (χ1) is 10.1. The predicted molar refractivity (Wildman–Crippen MR) is 83.1 cm³/mol. The van der Waals surface area contributed by atoms with Crippen LogP contribution in [0.3, 0.4) is 0 Å². The van der Waals surface area contributed by atoms with E-state index in [2.05, 4.69) is 0 Å². The fourth-order valence-electron chi connectivity index (χ4n) is 1.72. The van der Waals surface area contributed by atoms with E-state index in [-0.39, 0.29) is 50.5 Å². The fraction of sp³-hybridized carbons (Fsp3) is 0. The van der Waals surface area contributed by atoms with Gasteiger partial charge in [-0.3, -0.25) is 13.9 Å². The molecular weight excluding hydrogens is 355 g/mol. The molecule has 0 aliphatic carbocycles. The van der Waals surface area contributed by atoms with Gasteiger partial charge in [0.15, 0.2) is 5.78 Å². The van der Waals surface area contributed by atoms with Gasteiger partial charge in [0.2, 0.25) is 0 Å². The van der Waals surface area contributed by atoms with Crippen molar-refractivity contribution in [2.24, 2.45) is 0 Å². The molecule has 0 aliphatic rings. The number of benzene rings is 2. The molecule has 2 aromatic carbocycles. The van der Waals surface area contributed by atoms with E-state index in [4.69, 9.17) is 9.11 Å². The van der Waals surface area contributed by atoms with E-state index < -0.39 is 26.0 Å². The summed E-state index contributed by atoms with van der Waals surface area (Å²) in [6, 6.07) is 9.21. The first kappa shape index (κ1) is 20.0. The molecule has 0 saturated carbocycles. The summed E-state index contributed by atoms with van der Waals surface area (Å²) in [5.74, 6) is -0.469. The zero-order valence-corrected chi connectivity index (χ0v) is 12.5. The van der Waals surface area contributed by atoms with Crippen LogP contribution in [0.1, 0.15) is 15.9 Å². The Labute approximate surface area is 155 Å². The van der Waals surface area contributed by atoms with Gasteiger partial charge in [-0.25, -0.2) is 0 Å². The molecule has 7 nitrogen and oxygen atoms in total. The molecule has 0 unspecified atom stereocenters. The Bertz CT molecular complexity index is 838. The van der Waals surface area contributed by atoms with Crippen LogP contribution >= 0.6 is 0 Å². The Kier molecular flexibility index (Phi) is 6.27. The van der Waals surface area contributed by atoms with Crippen molar-refractivity contribution in [2.75, 3.05) is 0 Å². The summed E-state index contributed by atoms with van der Waals surface area (Å²) < 4.78 is 61.3. The fourth-order valence-corrected chi connectivity index (χ4v) is 2.68. The molecule has 2 N–H and O–H groups in total. The first-order valence-electron chi connectivity index (χ1n) is 5.79. The van der Waals surface area contributed by atoms with Crippen LogP contribution in [0, 0.1) is 0 Å². The molecule has 0 fully saturated rings. The van der Waals surface area contributed by atoms with Crippen molar-refractivity contribution in [3.05, 3.63) is 59.7 Å². The average Bonchev–Trinajstić information content (AvgIpc) is 2.45. The maximum atomic E-state index is 12.1. The monoisotopic (exact) mass is 366 g/mol. The van der Waals surface area contributed by atoms with Gasteiger partial charge in [-0.1, -0.05) is 0 Å². The van der Waals surface area contributed by atoms with Crippen molar-refractivity contribution in [1.29, 1.82) is 0 Å². The van der Waals surface area contributed by atoms with Crippen LogP contribution in [0.15, 0.2) is 58.3 Å². The maximum absolute atomic E-state index is 12.1. The second kappa shape index (κ2) is 7.22. The van der Waals surface area contributed by atoms with E-state index >= 15 is 0 Å². The molecule has 2 aromatic rings. The third-order valence-corrected chi connectivity index (χ3v) is 4.56. The number of carbonyl (C=O) groups excluding carboxylic acids is 1. The molecule has 0 saturated heterocycles. The van der Waals surface area contributed by atoms with Crippen LogP contribution in [0.2, 0.25) is 0 Å².